The minimum atomic E-state index is -0.0883. The Balaban J connectivity index is 1.02. The highest BCUT2D eigenvalue weighted by Crippen LogP contribution is 2.56. The molecular weight excluding hydrogens is 645 g/mol. The number of fused-ring (bicyclic) bond motifs is 10. The molecule has 1 N–H and O–H groups in total. The number of nitrogens with zero attached hydrogens (tertiary/aromatic N) is 3. The maximum absolute atomic E-state index is 6.78. The Morgan fingerprint density at radius 2 is 1.80 bits per heavy atom. The van der Waals surface area contributed by atoms with E-state index in [0.717, 1.165) is 79.9 Å². The summed E-state index contributed by atoms with van der Waals surface area (Å²) in [4.78, 5) is 13.3. The molecule has 6 aliphatic rings. The highest BCUT2D eigenvalue weighted by molar-refractivity contribution is 7.26. The van der Waals surface area contributed by atoms with E-state index in [9.17, 15) is 0 Å². The number of benzene rings is 3. The number of hydrogen-bond donors (Lipinski definition) is 1. The fourth-order valence-corrected chi connectivity index (χ4v) is 10.9. The molecule has 2 aliphatic heterocycles. The number of rotatable bonds is 4. The second-order valence-corrected chi connectivity index (χ2v) is 16.0. The SMILES string of the molecule is C1=CCCC(C2N=C(c3ccc4c5c(oc4c3)C=CCC5N3c4c(ccc5c4sc4ccccc45)C4C=CCCC43)N=C(C3CC=CCC3)N2)=C1. The van der Waals surface area contributed by atoms with Gasteiger partial charge in [-0.1, -0.05) is 91.1 Å². The first-order valence-corrected chi connectivity index (χ1v) is 19.7. The van der Waals surface area contributed by atoms with Crippen LogP contribution in [0, 0.1) is 5.92 Å². The van der Waals surface area contributed by atoms with Crippen molar-refractivity contribution in [3.8, 4) is 0 Å². The summed E-state index contributed by atoms with van der Waals surface area (Å²) in [5, 5.41) is 7.69. The van der Waals surface area contributed by atoms with Crippen molar-refractivity contribution in [1.82, 2.24) is 5.32 Å². The Morgan fingerprint density at radius 3 is 2.73 bits per heavy atom. The first kappa shape index (κ1) is 29.8. The Hall–Kier alpha value is -4.94. The molecule has 252 valence electrons. The van der Waals surface area contributed by atoms with Gasteiger partial charge in [0.15, 0.2) is 5.84 Å². The molecule has 5 nitrogen and oxygen atoms in total. The molecule has 0 spiro atoms. The van der Waals surface area contributed by atoms with E-state index in [1.165, 1.54) is 47.9 Å². The summed E-state index contributed by atoms with van der Waals surface area (Å²) >= 11 is 1.96. The van der Waals surface area contributed by atoms with Crippen molar-refractivity contribution >= 4 is 65.9 Å². The van der Waals surface area contributed by atoms with Gasteiger partial charge in [0.2, 0.25) is 0 Å². The summed E-state index contributed by atoms with van der Waals surface area (Å²) in [5.41, 5.74) is 7.50. The first-order chi connectivity index (χ1) is 25.3. The maximum atomic E-state index is 6.78. The van der Waals surface area contributed by atoms with Crippen LogP contribution in [0.4, 0.5) is 5.69 Å². The average molecular weight is 685 g/mol. The van der Waals surface area contributed by atoms with Crippen LogP contribution in [0.1, 0.15) is 85.8 Å². The second-order valence-electron chi connectivity index (χ2n) is 14.9. The number of hydrogen-bond acceptors (Lipinski definition) is 6. The van der Waals surface area contributed by atoms with Crippen molar-refractivity contribution in [3.05, 3.63) is 131 Å². The number of nitrogens with one attached hydrogen (secondary N) is 1. The molecule has 51 heavy (non-hydrogen) atoms. The number of amidine groups is 2. The van der Waals surface area contributed by atoms with Gasteiger partial charge in [-0.15, -0.1) is 11.3 Å². The van der Waals surface area contributed by atoms with Gasteiger partial charge in [-0.25, -0.2) is 9.98 Å². The predicted octanol–water partition coefficient (Wildman–Crippen LogP) is 11.3. The molecule has 0 fully saturated rings. The lowest BCUT2D eigenvalue weighted by Gasteiger charge is -2.38. The fraction of sp³-hybridized carbons (Fsp3) is 0.289. The molecule has 6 heteroatoms. The fourth-order valence-electron chi connectivity index (χ4n) is 9.62. The molecular formula is C45H40N4OS. The molecule has 0 bridgehead atoms. The van der Waals surface area contributed by atoms with Crippen molar-refractivity contribution in [2.45, 2.75) is 75.5 Å². The van der Waals surface area contributed by atoms with E-state index in [1.807, 2.05) is 11.3 Å². The number of aliphatic imine (C=N–C) groups is 2. The molecule has 5 unspecified atom stereocenters. The summed E-state index contributed by atoms with van der Waals surface area (Å²) in [6.07, 6.45) is 29.1. The molecule has 0 amide bonds. The molecule has 2 aromatic heterocycles. The van der Waals surface area contributed by atoms with Gasteiger partial charge in [0, 0.05) is 49.9 Å². The predicted molar refractivity (Wildman–Crippen MR) is 213 cm³/mol. The van der Waals surface area contributed by atoms with E-state index in [-0.39, 0.29) is 12.2 Å². The molecule has 0 saturated carbocycles. The van der Waals surface area contributed by atoms with Gasteiger partial charge in [-0.3, -0.25) is 0 Å². The number of furan rings is 1. The van der Waals surface area contributed by atoms with Crippen LogP contribution in [0.5, 0.6) is 0 Å². The summed E-state index contributed by atoms with van der Waals surface area (Å²) in [6, 6.07) is 21.1. The third-order valence-electron chi connectivity index (χ3n) is 12.0. The standard InChI is InChI=1S/C45H40N4OS/c1-3-12-27(13-4-1)43-46-44(28-14-5-2-6-15-28)48-45(47-43)29-22-23-34-38(26-29)50-37-20-11-19-36(40(34)37)49-35-18-9-7-16-30(35)32-24-25-33-31-17-8-10-21-39(31)51-42(33)41(32)49/h1-3,5,7-8,10-12,16-17,20-26,28,30,35-36,43H,4,6,9,13-15,18-19H2,(H,46,47,48). The zero-order valence-electron chi connectivity index (χ0n) is 28.6. The summed E-state index contributed by atoms with van der Waals surface area (Å²) in [6.45, 7) is 0. The zero-order valence-corrected chi connectivity index (χ0v) is 29.4. The minimum absolute atomic E-state index is 0.0883. The van der Waals surface area contributed by atoms with Gasteiger partial charge in [0.05, 0.1) is 16.4 Å². The molecule has 5 atom stereocenters. The van der Waals surface area contributed by atoms with Gasteiger partial charge < -0.3 is 14.6 Å². The van der Waals surface area contributed by atoms with Crippen LogP contribution in [0.3, 0.4) is 0 Å². The Labute approximate surface area is 302 Å². The van der Waals surface area contributed by atoms with Crippen LogP contribution in [0.15, 0.2) is 123 Å². The third-order valence-corrected chi connectivity index (χ3v) is 13.2. The number of thiophene rings is 1. The van der Waals surface area contributed by atoms with Crippen molar-refractivity contribution in [2.24, 2.45) is 15.9 Å². The first-order valence-electron chi connectivity index (χ1n) is 18.8. The lowest BCUT2D eigenvalue weighted by molar-refractivity contribution is 0.472. The van der Waals surface area contributed by atoms with Gasteiger partial charge >= 0.3 is 0 Å². The van der Waals surface area contributed by atoms with Crippen molar-refractivity contribution in [1.29, 1.82) is 0 Å². The summed E-state index contributed by atoms with van der Waals surface area (Å²) in [7, 11) is 0. The quantitative estimate of drug-likeness (QED) is 0.192. The zero-order chi connectivity index (χ0) is 33.5. The molecule has 3 aromatic carbocycles. The molecule has 11 rings (SSSR count). The number of allylic oxidation sites excluding steroid dienone is 6. The van der Waals surface area contributed by atoms with E-state index in [2.05, 4.69) is 119 Å². The van der Waals surface area contributed by atoms with Crippen LogP contribution >= 0.6 is 11.3 Å². The summed E-state index contributed by atoms with van der Waals surface area (Å²) < 4.78 is 9.57. The normalized spacial score (nSPS) is 26.5. The monoisotopic (exact) mass is 684 g/mol. The average Bonchev–Trinajstić information content (AvgIpc) is 3.88. The van der Waals surface area contributed by atoms with Crippen LogP contribution in [0.25, 0.3) is 37.2 Å². The lowest BCUT2D eigenvalue weighted by Crippen LogP contribution is -2.43. The lowest BCUT2D eigenvalue weighted by atomic mass is 9.86. The molecule has 4 aliphatic carbocycles. The largest absolute Gasteiger partial charge is 0.456 e. The van der Waals surface area contributed by atoms with Gasteiger partial charge in [-0.05, 0) is 80.7 Å². The highest BCUT2D eigenvalue weighted by atomic mass is 32.1. The third kappa shape index (κ3) is 4.72. The van der Waals surface area contributed by atoms with Crippen LogP contribution in [-0.2, 0) is 0 Å². The molecule has 5 aromatic rings. The maximum Gasteiger partial charge on any atom is 0.159 e. The van der Waals surface area contributed by atoms with Crippen molar-refractivity contribution in [3.63, 3.8) is 0 Å². The number of anilines is 1. The second kappa shape index (κ2) is 11.8. The Morgan fingerprint density at radius 1 is 0.863 bits per heavy atom. The Kier molecular flexibility index (Phi) is 6.89. The molecule has 4 heterocycles. The minimum Gasteiger partial charge on any atom is -0.456 e. The topological polar surface area (TPSA) is 53.1 Å². The van der Waals surface area contributed by atoms with Crippen molar-refractivity contribution in [2.75, 3.05) is 4.90 Å². The van der Waals surface area contributed by atoms with Gasteiger partial charge in [-0.2, -0.15) is 0 Å². The summed E-state index contributed by atoms with van der Waals surface area (Å²) in [5.74, 6) is 3.67. The van der Waals surface area contributed by atoms with E-state index in [0.29, 0.717) is 17.9 Å². The van der Waals surface area contributed by atoms with Crippen molar-refractivity contribution < 1.29 is 4.42 Å². The highest BCUT2D eigenvalue weighted by Gasteiger charge is 2.44. The Bertz CT molecular complexity index is 2470. The van der Waals surface area contributed by atoms with E-state index >= 15 is 0 Å². The van der Waals surface area contributed by atoms with E-state index in [1.54, 1.807) is 0 Å². The van der Waals surface area contributed by atoms with Gasteiger partial charge in [0.25, 0.3) is 0 Å². The van der Waals surface area contributed by atoms with Crippen LogP contribution < -0.4 is 10.2 Å². The smallest absolute Gasteiger partial charge is 0.159 e. The van der Waals surface area contributed by atoms with Gasteiger partial charge in [0.1, 0.15) is 23.3 Å². The molecule has 0 radical (unpaired) electrons. The molecule has 0 saturated heterocycles. The van der Waals surface area contributed by atoms with E-state index < -0.39 is 0 Å². The van der Waals surface area contributed by atoms with E-state index in [4.69, 9.17) is 14.4 Å². The van der Waals surface area contributed by atoms with Crippen LogP contribution in [-0.4, -0.2) is 23.9 Å². The van der Waals surface area contributed by atoms with Crippen LogP contribution in [0.2, 0.25) is 0 Å².